The van der Waals surface area contributed by atoms with Gasteiger partial charge in [-0.2, -0.15) is 0 Å². The van der Waals surface area contributed by atoms with E-state index in [2.05, 4.69) is 24.5 Å². The van der Waals surface area contributed by atoms with Crippen molar-refractivity contribution < 1.29 is 13.6 Å². The van der Waals surface area contributed by atoms with Crippen molar-refractivity contribution in [3.63, 3.8) is 0 Å². The zero-order valence-corrected chi connectivity index (χ0v) is 18.8. The van der Waals surface area contributed by atoms with Crippen molar-refractivity contribution in [2.24, 2.45) is 5.92 Å². The maximum absolute atomic E-state index is 13.3. The van der Waals surface area contributed by atoms with Gasteiger partial charge in [-0.25, -0.2) is 8.78 Å². The summed E-state index contributed by atoms with van der Waals surface area (Å²) in [5, 5.41) is 6.11. The van der Waals surface area contributed by atoms with Gasteiger partial charge in [0.05, 0.1) is 6.04 Å². The maximum Gasteiger partial charge on any atom is 0.237 e. The minimum atomic E-state index is -0.279. The average Bonchev–Trinajstić information content (AvgIpc) is 2.73. The number of carbonyl (C=O) groups is 1. The van der Waals surface area contributed by atoms with Crippen molar-refractivity contribution in [2.75, 3.05) is 13.6 Å². The van der Waals surface area contributed by atoms with Gasteiger partial charge in [-0.05, 0) is 67.6 Å². The molecule has 30 heavy (non-hydrogen) atoms. The third-order valence-electron chi connectivity index (χ3n) is 5.51. The van der Waals surface area contributed by atoms with E-state index in [-0.39, 0.29) is 41.9 Å². The first-order chi connectivity index (χ1) is 13.9. The molecule has 1 unspecified atom stereocenters. The van der Waals surface area contributed by atoms with Gasteiger partial charge >= 0.3 is 0 Å². The number of halogens is 3. The van der Waals surface area contributed by atoms with Gasteiger partial charge in [0.1, 0.15) is 11.6 Å². The lowest BCUT2D eigenvalue weighted by Gasteiger charge is -2.21. The molecule has 166 valence electrons. The van der Waals surface area contributed by atoms with Crippen LogP contribution in [0.5, 0.6) is 0 Å². The highest BCUT2D eigenvalue weighted by atomic mass is 35.5. The number of hydrogen-bond acceptors (Lipinski definition) is 2. The summed E-state index contributed by atoms with van der Waals surface area (Å²) >= 11 is 0. The summed E-state index contributed by atoms with van der Waals surface area (Å²) in [6.07, 6.45) is 3.40. The Balaban J connectivity index is 0.00000450. The molecule has 0 aromatic heterocycles. The molecule has 2 atom stereocenters. The van der Waals surface area contributed by atoms with Crippen LogP contribution >= 0.6 is 12.4 Å². The molecular formula is C24H33ClF2N2O. The van der Waals surface area contributed by atoms with E-state index in [1.54, 1.807) is 24.3 Å². The molecular weight excluding hydrogens is 406 g/mol. The average molecular weight is 439 g/mol. The number of carbonyl (C=O) groups excluding carboxylic acids is 1. The van der Waals surface area contributed by atoms with Crippen molar-refractivity contribution in [3.8, 4) is 0 Å². The Morgan fingerprint density at radius 2 is 1.47 bits per heavy atom. The number of rotatable bonds is 11. The summed E-state index contributed by atoms with van der Waals surface area (Å²) in [6, 6.07) is 12.7. The van der Waals surface area contributed by atoms with Gasteiger partial charge < -0.3 is 10.6 Å². The topological polar surface area (TPSA) is 41.1 Å². The monoisotopic (exact) mass is 438 g/mol. The fourth-order valence-electron chi connectivity index (χ4n) is 3.48. The first-order valence-corrected chi connectivity index (χ1v) is 10.4. The lowest BCUT2D eigenvalue weighted by atomic mass is 9.87. The summed E-state index contributed by atoms with van der Waals surface area (Å²) in [6.45, 7) is 4.84. The van der Waals surface area contributed by atoms with Crippen molar-refractivity contribution in [2.45, 2.75) is 51.5 Å². The van der Waals surface area contributed by atoms with E-state index in [1.165, 1.54) is 24.3 Å². The van der Waals surface area contributed by atoms with E-state index < -0.39 is 0 Å². The molecule has 0 fully saturated rings. The third kappa shape index (κ3) is 8.04. The molecule has 2 aromatic rings. The second-order valence-electron chi connectivity index (χ2n) is 7.68. The quantitative estimate of drug-likeness (QED) is 0.459. The van der Waals surface area contributed by atoms with Gasteiger partial charge in [0, 0.05) is 12.5 Å². The van der Waals surface area contributed by atoms with Gasteiger partial charge in [-0.3, -0.25) is 4.79 Å². The summed E-state index contributed by atoms with van der Waals surface area (Å²) in [4.78, 5) is 12.4. The van der Waals surface area contributed by atoms with Crippen LogP contribution in [0.3, 0.4) is 0 Å². The summed E-state index contributed by atoms with van der Waals surface area (Å²) in [5.74, 6) is -0.0303. The lowest BCUT2D eigenvalue weighted by Crippen LogP contribution is -2.43. The standard InChI is InChI=1S/C24H32F2N2O.ClH/c1-4-17(2)16-23(27-3)24(29)28-15-5-6-22(18-7-11-20(25)12-8-18)19-9-13-21(26)14-10-19;/h7-14,17,22-23,27H,4-6,15-16H2,1-3H3,(H,28,29);1H/t17?,23-;/m0./s1. The minimum Gasteiger partial charge on any atom is -0.355 e. The Morgan fingerprint density at radius 1 is 0.967 bits per heavy atom. The van der Waals surface area contributed by atoms with E-state index >= 15 is 0 Å². The highest BCUT2D eigenvalue weighted by Crippen LogP contribution is 2.29. The molecule has 6 heteroatoms. The van der Waals surface area contributed by atoms with Crippen LogP contribution in [0, 0.1) is 17.6 Å². The van der Waals surface area contributed by atoms with E-state index in [9.17, 15) is 13.6 Å². The minimum absolute atomic E-state index is 0. The first-order valence-electron chi connectivity index (χ1n) is 10.4. The predicted octanol–water partition coefficient (Wildman–Crippen LogP) is 5.44. The van der Waals surface area contributed by atoms with Crippen molar-refractivity contribution in [1.82, 2.24) is 10.6 Å². The SMILES string of the molecule is CCC(C)C[C@H](NC)C(=O)NCCCC(c1ccc(F)cc1)c1ccc(F)cc1.Cl. The lowest BCUT2D eigenvalue weighted by molar-refractivity contribution is -0.123. The van der Waals surface area contributed by atoms with Crippen LogP contribution in [0.25, 0.3) is 0 Å². The molecule has 0 aliphatic heterocycles. The molecule has 3 nitrogen and oxygen atoms in total. The Kier molecular flexibility index (Phi) is 11.6. The fourth-order valence-corrected chi connectivity index (χ4v) is 3.48. The van der Waals surface area contributed by atoms with Crippen molar-refractivity contribution in [1.29, 1.82) is 0 Å². The largest absolute Gasteiger partial charge is 0.355 e. The van der Waals surface area contributed by atoms with E-state index in [0.29, 0.717) is 12.5 Å². The predicted molar refractivity (Wildman–Crippen MR) is 121 cm³/mol. The molecule has 0 saturated carbocycles. The highest BCUT2D eigenvalue weighted by Gasteiger charge is 2.19. The molecule has 0 heterocycles. The Bertz CT molecular complexity index is 707. The fraction of sp³-hybridized carbons (Fsp3) is 0.458. The summed E-state index contributed by atoms with van der Waals surface area (Å²) < 4.78 is 26.6. The van der Waals surface area contributed by atoms with Gasteiger partial charge in [0.15, 0.2) is 0 Å². The molecule has 0 aliphatic rings. The second-order valence-corrected chi connectivity index (χ2v) is 7.68. The van der Waals surface area contributed by atoms with E-state index in [0.717, 1.165) is 36.8 Å². The zero-order chi connectivity index (χ0) is 21.2. The summed E-state index contributed by atoms with van der Waals surface area (Å²) in [5.41, 5.74) is 1.96. The number of hydrogen-bond donors (Lipinski definition) is 2. The van der Waals surface area contributed by atoms with Gasteiger partial charge in [0.25, 0.3) is 0 Å². The van der Waals surface area contributed by atoms with Crippen molar-refractivity contribution in [3.05, 3.63) is 71.3 Å². The van der Waals surface area contributed by atoms with E-state index in [4.69, 9.17) is 0 Å². The van der Waals surface area contributed by atoms with Crippen LogP contribution in [0.4, 0.5) is 8.78 Å². The van der Waals surface area contributed by atoms with Crippen LogP contribution in [0.15, 0.2) is 48.5 Å². The summed E-state index contributed by atoms with van der Waals surface area (Å²) in [7, 11) is 1.81. The Morgan fingerprint density at radius 3 is 1.90 bits per heavy atom. The number of amides is 1. The zero-order valence-electron chi connectivity index (χ0n) is 18.0. The Labute approximate surface area is 185 Å². The van der Waals surface area contributed by atoms with Crippen LogP contribution in [0.2, 0.25) is 0 Å². The number of nitrogens with one attached hydrogen (secondary N) is 2. The van der Waals surface area contributed by atoms with Crippen LogP contribution in [0.1, 0.15) is 56.6 Å². The number of likely N-dealkylation sites (N-methyl/N-ethyl adjacent to an activating group) is 1. The van der Waals surface area contributed by atoms with Gasteiger partial charge in [0.2, 0.25) is 5.91 Å². The second kappa shape index (κ2) is 13.3. The molecule has 2 N–H and O–H groups in total. The van der Waals surface area contributed by atoms with E-state index in [1.807, 2.05) is 7.05 Å². The molecule has 0 radical (unpaired) electrons. The smallest absolute Gasteiger partial charge is 0.237 e. The van der Waals surface area contributed by atoms with Gasteiger partial charge in [-0.1, -0.05) is 44.5 Å². The number of benzene rings is 2. The molecule has 0 bridgehead atoms. The van der Waals surface area contributed by atoms with Gasteiger partial charge in [-0.15, -0.1) is 12.4 Å². The van der Waals surface area contributed by atoms with Crippen molar-refractivity contribution >= 4 is 18.3 Å². The van der Waals surface area contributed by atoms with Crippen LogP contribution in [-0.2, 0) is 4.79 Å². The molecule has 2 rings (SSSR count). The Hall–Kier alpha value is -1.98. The van der Waals surface area contributed by atoms with Crippen LogP contribution in [-0.4, -0.2) is 25.5 Å². The molecule has 1 amide bonds. The van der Waals surface area contributed by atoms with Crippen LogP contribution < -0.4 is 10.6 Å². The molecule has 0 aliphatic carbocycles. The molecule has 0 spiro atoms. The maximum atomic E-state index is 13.3. The third-order valence-corrected chi connectivity index (χ3v) is 5.51. The molecule has 2 aromatic carbocycles. The first kappa shape index (κ1) is 26.1. The normalized spacial score (nSPS) is 12.9. The highest BCUT2D eigenvalue weighted by molar-refractivity contribution is 5.85. The molecule has 0 saturated heterocycles.